The van der Waals surface area contributed by atoms with Crippen LogP contribution in [0.4, 0.5) is 15.8 Å². The van der Waals surface area contributed by atoms with Crippen molar-refractivity contribution in [1.29, 1.82) is 0 Å². The molecule has 14 heteroatoms. The first-order chi connectivity index (χ1) is 22.2. The molecule has 230 valence electrons. The number of anilines is 1. The summed E-state index contributed by atoms with van der Waals surface area (Å²) in [5, 5.41) is 19.8. The first-order valence-corrected chi connectivity index (χ1v) is 14.3. The van der Waals surface area contributed by atoms with Crippen molar-refractivity contribution in [3.05, 3.63) is 121 Å². The molecule has 0 unspecified atom stereocenters. The van der Waals surface area contributed by atoms with Gasteiger partial charge in [-0.25, -0.2) is 9.37 Å². The number of amides is 1. The average molecular weight is 686 g/mol. The van der Waals surface area contributed by atoms with E-state index in [4.69, 9.17) is 13.9 Å². The van der Waals surface area contributed by atoms with E-state index < -0.39 is 34.5 Å². The number of nitro groups is 1. The minimum absolute atomic E-state index is 0.0591. The summed E-state index contributed by atoms with van der Waals surface area (Å²) < 4.78 is 31.7. The van der Waals surface area contributed by atoms with Gasteiger partial charge in [0, 0.05) is 21.8 Å². The van der Waals surface area contributed by atoms with Gasteiger partial charge in [0.15, 0.2) is 12.4 Å². The zero-order valence-electron chi connectivity index (χ0n) is 23.8. The Morgan fingerprint density at radius 1 is 1.11 bits per heavy atom. The van der Waals surface area contributed by atoms with Crippen LogP contribution in [-0.4, -0.2) is 40.4 Å². The van der Waals surface area contributed by atoms with Crippen molar-refractivity contribution in [3.8, 4) is 23.1 Å². The summed E-state index contributed by atoms with van der Waals surface area (Å²) >= 11 is 3.26. The summed E-state index contributed by atoms with van der Waals surface area (Å²) in [6.07, 6.45) is 1.19. The Bertz CT molecular complexity index is 2230. The van der Waals surface area contributed by atoms with Crippen LogP contribution in [0.2, 0.25) is 0 Å². The van der Waals surface area contributed by atoms with Gasteiger partial charge < -0.3 is 19.2 Å². The maximum absolute atomic E-state index is 13.7. The second-order valence-corrected chi connectivity index (χ2v) is 10.7. The van der Waals surface area contributed by atoms with Crippen molar-refractivity contribution in [2.24, 2.45) is 5.10 Å². The molecule has 1 N–H and O–H groups in total. The number of carbonyl (C=O) groups excluding carboxylic acids is 1. The second-order valence-electron chi connectivity index (χ2n) is 9.74. The van der Waals surface area contributed by atoms with Crippen LogP contribution < -0.4 is 20.3 Å². The fourth-order valence-electron chi connectivity index (χ4n) is 4.69. The van der Waals surface area contributed by atoms with Gasteiger partial charge in [-0.15, -0.1) is 0 Å². The van der Waals surface area contributed by atoms with Gasteiger partial charge in [0.1, 0.15) is 17.1 Å². The van der Waals surface area contributed by atoms with E-state index in [2.05, 4.69) is 31.3 Å². The number of aromatic nitrogens is 2. The van der Waals surface area contributed by atoms with Crippen molar-refractivity contribution >= 4 is 61.3 Å². The highest BCUT2D eigenvalue weighted by Crippen LogP contribution is 2.35. The molecule has 6 aromatic rings. The summed E-state index contributed by atoms with van der Waals surface area (Å²) in [7, 11) is 1.53. The largest absolute Gasteiger partial charge is 0.496 e. The van der Waals surface area contributed by atoms with Crippen LogP contribution in [0.15, 0.2) is 104 Å². The fourth-order valence-corrected chi connectivity index (χ4v) is 5.15. The number of nitrogens with one attached hydrogen (secondary N) is 1. The van der Waals surface area contributed by atoms with Crippen molar-refractivity contribution in [2.75, 3.05) is 19.0 Å². The van der Waals surface area contributed by atoms with Gasteiger partial charge in [0.2, 0.25) is 11.6 Å². The summed E-state index contributed by atoms with van der Waals surface area (Å²) in [6.45, 7) is -0.621. The third-order valence-corrected chi connectivity index (χ3v) is 7.22. The van der Waals surface area contributed by atoms with Crippen LogP contribution >= 0.6 is 15.9 Å². The lowest BCUT2D eigenvalue weighted by atomic mass is 10.2. The van der Waals surface area contributed by atoms with Crippen molar-refractivity contribution in [1.82, 2.24) is 9.66 Å². The number of fused-ring (bicyclic) bond motifs is 2. The van der Waals surface area contributed by atoms with E-state index >= 15 is 0 Å². The number of methoxy groups -OCH3 is 1. The Hall–Kier alpha value is -5.89. The Morgan fingerprint density at radius 3 is 2.65 bits per heavy atom. The molecule has 0 spiro atoms. The lowest BCUT2D eigenvalue weighted by Crippen LogP contribution is -2.21. The van der Waals surface area contributed by atoms with Crippen LogP contribution in [0.1, 0.15) is 5.56 Å². The minimum atomic E-state index is -0.674. The molecule has 0 aliphatic carbocycles. The van der Waals surface area contributed by atoms with Gasteiger partial charge in [-0.1, -0.05) is 34.1 Å². The summed E-state index contributed by atoms with van der Waals surface area (Å²) in [6, 6.07) is 21.4. The molecular formula is C32H21BrFN5O7. The third kappa shape index (κ3) is 6.05. The summed E-state index contributed by atoms with van der Waals surface area (Å²) in [4.78, 5) is 42.3. The van der Waals surface area contributed by atoms with Gasteiger partial charge in [0.05, 0.1) is 34.5 Å². The highest BCUT2D eigenvalue weighted by Gasteiger charge is 2.23. The Morgan fingerprint density at radius 2 is 1.89 bits per heavy atom. The van der Waals surface area contributed by atoms with E-state index in [1.54, 1.807) is 48.5 Å². The van der Waals surface area contributed by atoms with Crippen LogP contribution in [0, 0.1) is 15.9 Å². The molecule has 46 heavy (non-hydrogen) atoms. The van der Waals surface area contributed by atoms with Crippen LogP contribution in [0.5, 0.6) is 11.5 Å². The third-order valence-electron chi connectivity index (χ3n) is 6.76. The summed E-state index contributed by atoms with van der Waals surface area (Å²) in [5.74, 6) is -0.574. The standard InChI is InChI=1S/C32H21BrFN5O7/c1-44-26-7-4-8-27-23(26)15-28(46-27)31-37-24-6-3-2-5-22(24)32(41)38(31)35-16-18-13-19(33)14-25(39(42)43)30(18)45-17-29(40)36-21-11-9-20(34)10-12-21/h2-16H,17H2,1H3,(H,36,40). The number of hydrogen-bond donors (Lipinski definition) is 1. The number of halogens is 2. The molecular weight excluding hydrogens is 665 g/mol. The zero-order chi connectivity index (χ0) is 32.4. The fraction of sp³-hybridized carbons (Fsp3) is 0.0625. The molecule has 1 amide bonds. The summed E-state index contributed by atoms with van der Waals surface area (Å²) in [5.41, 5.74) is 0.281. The van der Waals surface area contributed by atoms with E-state index in [9.17, 15) is 24.1 Å². The monoisotopic (exact) mass is 685 g/mol. The first kappa shape index (κ1) is 30.1. The predicted molar refractivity (Wildman–Crippen MR) is 172 cm³/mol. The second kappa shape index (κ2) is 12.6. The Labute approximate surface area is 267 Å². The molecule has 0 aliphatic rings. The van der Waals surface area contributed by atoms with E-state index in [0.29, 0.717) is 32.4 Å². The Kier molecular flexibility index (Phi) is 8.27. The van der Waals surface area contributed by atoms with Gasteiger partial charge in [0.25, 0.3) is 11.5 Å². The molecule has 2 aromatic heterocycles. The molecule has 12 nitrogen and oxygen atoms in total. The molecule has 0 fully saturated rings. The van der Waals surface area contributed by atoms with Crippen molar-refractivity contribution < 1.29 is 28.0 Å². The van der Waals surface area contributed by atoms with Gasteiger partial charge in [-0.3, -0.25) is 19.7 Å². The predicted octanol–water partition coefficient (Wildman–Crippen LogP) is 6.53. The molecule has 6 rings (SSSR count). The number of ether oxygens (including phenoxy) is 2. The molecule has 0 saturated carbocycles. The number of furan rings is 1. The molecule has 0 aliphatic heterocycles. The minimum Gasteiger partial charge on any atom is -0.496 e. The quantitative estimate of drug-likeness (QED) is 0.103. The SMILES string of the molecule is COc1cccc2oc(-c3nc4ccccc4c(=O)n3N=Cc3cc(Br)cc([N+](=O)[O-])c3OCC(=O)Nc3ccc(F)cc3)cc12. The van der Waals surface area contributed by atoms with Gasteiger partial charge in [-0.2, -0.15) is 9.78 Å². The lowest BCUT2D eigenvalue weighted by Gasteiger charge is -2.11. The highest BCUT2D eigenvalue weighted by molar-refractivity contribution is 9.10. The molecule has 0 saturated heterocycles. The normalized spacial score (nSPS) is 11.3. The lowest BCUT2D eigenvalue weighted by molar-refractivity contribution is -0.385. The number of carbonyl (C=O) groups is 1. The number of hydrogen-bond acceptors (Lipinski definition) is 9. The number of nitrogens with zero attached hydrogens (tertiary/aromatic N) is 4. The van der Waals surface area contributed by atoms with Crippen LogP contribution in [-0.2, 0) is 4.79 Å². The van der Waals surface area contributed by atoms with Crippen LogP contribution in [0.25, 0.3) is 33.5 Å². The van der Waals surface area contributed by atoms with E-state index in [1.165, 1.54) is 49.7 Å². The van der Waals surface area contributed by atoms with E-state index in [1.807, 2.05) is 0 Å². The smallest absolute Gasteiger partial charge is 0.312 e. The van der Waals surface area contributed by atoms with Crippen molar-refractivity contribution in [2.45, 2.75) is 0 Å². The number of benzene rings is 4. The molecule has 0 atom stereocenters. The maximum Gasteiger partial charge on any atom is 0.312 e. The Balaban J connectivity index is 1.42. The molecule has 2 heterocycles. The van der Waals surface area contributed by atoms with Crippen LogP contribution in [0.3, 0.4) is 0 Å². The molecule has 0 bridgehead atoms. The number of para-hydroxylation sites is 1. The molecule has 4 aromatic carbocycles. The number of rotatable bonds is 9. The maximum atomic E-state index is 13.7. The van der Waals surface area contributed by atoms with Gasteiger partial charge in [-0.05, 0) is 60.7 Å². The first-order valence-electron chi connectivity index (χ1n) is 13.5. The van der Waals surface area contributed by atoms with Gasteiger partial charge >= 0.3 is 5.69 Å². The average Bonchev–Trinajstić information content (AvgIpc) is 3.49. The molecule has 0 radical (unpaired) electrons. The van der Waals surface area contributed by atoms with Crippen molar-refractivity contribution in [3.63, 3.8) is 0 Å². The topological polar surface area (TPSA) is 151 Å². The van der Waals surface area contributed by atoms with E-state index in [-0.39, 0.29) is 28.3 Å². The highest BCUT2D eigenvalue weighted by atomic mass is 79.9. The zero-order valence-corrected chi connectivity index (χ0v) is 25.4. The van der Waals surface area contributed by atoms with E-state index in [0.717, 1.165) is 4.68 Å². The number of nitro benzene ring substituents is 1.